The zero-order chi connectivity index (χ0) is 21.9. The molecule has 5 rings (SSSR count). The van der Waals surface area contributed by atoms with E-state index >= 15 is 0 Å². The van der Waals surface area contributed by atoms with Crippen LogP contribution in [0.25, 0.3) is 27.6 Å². The van der Waals surface area contributed by atoms with Gasteiger partial charge >= 0.3 is 0 Å². The van der Waals surface area contributed by atoms with Crippen LogP contribution in [-0.2, 0) is 6.61 Å². The lowest BCUT2D eigenvalue weighted by Crippen LogP contribution is -2.02. The average molecular weight is 460 g/mol. The molecule has 0 aliphatic carbocycles. The molecule has 2 heterocycles. The predicted octanol–water partition coefficient (Wildman–Crippen LogP) is 5.87. The Bertz CT molecular complexity index is 1350. The van der Waals surface area contributed by atoms with Crippen LogP contribution in [0.1, 0.15) is 5.56 Å². The molecule has 158 valence electrons. The average Bonchev–Trinajstić information content (AvgIpc) is 3.46. The third-order valence-corrected chi connectivity index (χ3v) is 5.95. The molecule has 0 spiro atoms. The van der Waals surface area contributed by atoms with Crippen molar-refractivity contribution in [2.24, 2.45) is 0 Å². The van der Waals surface area contributed by atoms with Gasteiger partial charge in [0.1, 0.15) is 17.4 Å². The Kier molecular flexibility index (Phi) is 5.58. The van der Waals surface area contributed by atoms with E-state index in [1.54, 1.807) is 4.68 Å². The van der Waals surface area contributed by atoms with Gasteiger partial charge in [-0.25, -0.2) is 4.98 Å². The van der Waals surface area contributed by atoms with Crippen molar-refractivity contribution in [3.8, 4) is 33.4 Å². The molecule has 0 aliphatic heterocycles. The SMILES string of the molecule is Nc1c(-c2nc(-c3cccc(Cl)c3)cs2)nnn1-c1ccc(OCc2ccccc2)cc1. The molecule has 8 heteroatoms. The van der Waals surface area contributed by atoms with Crippen LogP contribution in [-0.4, -0.2) is 20.0 Å². The number of hydrogen-bond acceptors (Lipinski definition) is 6. The van der Waals surface area contributed by atoms with Gasteiger partial charge in [-0.3, -0.25) is 0 Å². The van der Waals surface area contributed by atoms with Crippen LogP contribution < -0.4 is 10.5 Å². The van der Waals surface area contributed by atoms with Gasteiger partial charge in [0.2, 0.25) is 0 Å². The largest absolute Gasteiger partial charge is 0.489 e. The summed E-state index contributed by atoms with van der Waals surface area (Å²) in [7, 11) is 0. The number of nitrogen functional groups attached to an aromatic ring is 1. The number of ether oxygens (including phenoxy) is 1. The minimum absolute atomic E-state index is 0.426. The number of anilines is 1. The highest BCUT2D eigenvalue weighted by Gasteiger charge is 2.17. The Morgan fingerprint density at radius 2 is 1.78 bits per heavy atom. The van der Waals surface area contributed by atoms with Gasteiger partial charge in [0, 0.05) is 16.0 Å². The summed E-state index contributed by atoms with van der Waals surface area (Å²) in [5.74, 6) is 1.19. The second-order valence-corrected chi connectivity index (χ2v) is 8.35. The van der Waals surface area contributed by atoms with Crippen LogP contribution in [0.5, 0.6) is 5.75 Å². The number of benzene rings is 3. The number of nitrogens with zero attached hydrogens (tertiary/aromatic N) is 4. The first-order chi connectivity index (χ1) is 15.7. The minimum Gasteiger partial charge on any atom is -0.489 e. The van der Waals surface area contributed by atoms with E-state index in [4.69, 9.17) is 22.1 Å². The van der Waals surface area contributed by atoms with Crippen molar-refractivity contribution < 1.29 is 4.74 Å². The van der Waals surface area contributed by atoms with Crippen molar-refractivity contribution in [3.63, 3.8) is 0 Å². The van der Waals surface area contributed by atoms with Gasteiger partial charge in [0.05, 0.1) is 11.4 Å². The molecule has 0 bridgehead atoms. The molecule has 5 aromatic rings. The van der Waals surface area contributed by atoms with Crippen LogP contribution in [0.2, 0.25) is 5.02 Å². The molecule has 2 N–H and O–H groups in total. The molecule has 0 unspecified atom stereocenters. The quantitative estimate of drug-likeness (QED) is 0.343. The Balaban J connectivity index is 1.34. The Hall–Kier alpha value is -3.68. The Labute approximate surface area is 193 Å². The Morgan fingerprint density at radius 3 is 2.56 bits per heavy atom. The monoisotopic (exact) mass is 459 g/mol. The summed E-state index contributed by atoms with van der Waals surface area (Å²) in [5, 5.41) is 11.8. The number of hydrogen-bond donors (Lipinski definition) is 1. The zero-order valence-electron chi connectivity index (χ0n) is 16.9. The molecular formula is C24H18ClN5OS. The summed E-state index contributed by atoms with van der Waals surface area (Å²) in [6, 6.07) is 25.2. The second kappa shape index (κ2) is 8.82. The van der Waals surface area contributed by atoms with Crippen molar-refractivity contribution in [2.45, 2.75) is 6.61 Å². The van der Waals surface area contributed by atoms with E-state index in [-0.39, 0.29) is 0 Å². The minimum atomic E-state index is 0.426. The first-order valence-corrected chi connectivity index (χ1v) is 11.1. The number of nitrogens with two attached hydrogens (primary N) is 1. The van der Waals surface area contributed by atoms with Gasteiger partial charge < -0.3 is 10.5 Å². The van der Waals surface area contributed by atoms with Crippen LogP contribution in [0.4, 0.5) is 5.82 Å². The van der Waals surface area contributed by atoms with Gasteiger partial charge in [0.15, 0.2) is 11.5 Å². The fourth-order valence-corrected chi connectivity index (χ4v) is 4.23. The lowest BCUT2D eigenvalue weighted by molar-refractivity contribution is 0.306. The van der Waals surface area contributed by atoms with E-state index in [1.165, 1.54) is 11.3 Å². The molecule has 0 amide bonds. The molecule has 0 saturated carbocycles. The molecule has 0 aliphatic rings. The molecule has 6 nitrogen and oxygen atoms in total. The summed E-state index contributed by atoms with van der Waals surface area (Å²) >= 11 is 7.56. The molecule has 0 atom stereocenters. The van der Waals surface area contributed by atoms with E-state index < -0.39 is 0 Å². The molecule has 2 aromatic heterocycles. The van der Waals surface area contributed by atoms with Gasteiger partial charge in [-0.15, -0.1) is 16.4 Å². The zero-order valence-corrected chi connectivity index (χ0v) is 18.4. The van der Waals surface area contributed by atoms with Crippen molar-refractivity contribution in [2.75, 3.05) is 5.73 Å². The van der Waals surface area contributed by atoms with Crippen LogP contribution in [0, 0.1) is 0 Å². The van der Waals surface area contributed by atoms with Crippen LogP contribution in [0.3, 0.4) is 0 Å². The molecule has 0 radical (unpaired) electrons. The van der Waals surface area contributed by atoms with Crippen molar-refractivity contribution >= 4 is 28.8 Å². The van der Waals surface area contributed by atoms with Crippen LogP contribution in [0.15, 0.2) is 84.2 Å². The molecule has 0 fully saturated rings. The van der Waals surface area contributed by atoms with E-state index in [2.05, 4.69) is 15.3 Å². The van der Waals surface area contributed by atoms with E-state index in [0.29, 0.717) is 28.1 Å². The fraction of sp³-hybridized carbons (Fsp3) is 0.0417. The number of aromatic nitrogens is 4. The van der Waals surface area contributed by atoms with Crippen molar-refractivity contribution in [1.29, 1.82) is 0 Å². The predicted molar refractivity (Wildman–Crippen MR) is 128 cm³/mol. The highest BCUT2D eigenvalue weighted by Crippen LogP contribution is 2.32. The molecule has 32 heavy (non-hydrogen) atoms. The van der Waals surface area contributed by atoms with Gasteiger partial charge in [0.25, 0.3) is 0 Å². The normalized spacial score (nSPS) is 10.9. The summed E-state index contributed by atoms with van der Waals surface area (Å²) in [5.41, 5.74) is 10.6. The lowest BCUT2D eigenvalue weighted by Gasteiger charge is -2.08. The summed E-state index contributed by atoms with van der Waals surface area (Å²) in [6.07, 6.45) is 0. The van der Waals surface area contributed by atoms with E-state index in [9.17, 15) is 0 Å². The highest BCUT2D eigenvalue weighted by molar-refractivity contribution is 7.13. The standard InChI is InChI=1S/C24H18ClN5OS/c25-18-8-4-7-17(13-18)21-15-32-24(27-21)22-23(26)30(29-28-22)19-9-11-20(12-10-19)31-14-16-5-2-1-3-6-16/h1-13,15H,14,26H2. The molecular weight excluding hydrogens is 442 g/mol. The molecule has 0 saturated heterocycles. The third kappa shape index (κ3) is 4.21. The molecule has 3 aromatic carbocycles. The summed E-state index contributed by atoms with van der Waals surface area (Å²) in [4.78, 5) is 4.67. The topological polar surface area (TPSA) is 78.9 Å². The van der Waals surface area contributed by atoms with Gasteiger partial charge in [-0.2, -0.15) is 4.68 Å². The first-order valence-electron chi connectivity index (χ1n) is 9.87. The third-order valence-electron chi connectivity index (χ3n) is 4.86. The van der Waals surface area contributed by atoms with Crippen molar-refractivity contribution in [1.82, 2.24) is 20.0 Å². The maximum absolute atomic E-state index is 6.36. The Morgan fingerprint density at radius 1 is 0.969 bits per heavy atom. The smallest absolute Gasteiger partial charge is 0.165 e. The van der Waals surface area contributed by atoms with Gasteiger partial charge in [-0.05, 0) is 42.0 Å². The summed E-state index contributed by atoms with van der Waals surface area (Å²) < 4.78 is 7.44. The van der Waals surface area contributed by atoms with Crippen LogP contribution >= 0.6 is 22.9 Å². The second-order valence-electron chi connectivity index (χ2n) is 7.05. The maximum atomic E-state index is 6.36. The van der Waals surface area contributed by atoms with E-state index in [1.807, 2.05) is 84.2 Å². The number of halogens is 1. The lowest BCUT2D eigenvalue weighted by atomic mass is 10.2. The maximum Gasteiger partial charge on any atom is 0.165 e. The number of thiazole rings is 1. The number of rotatable bonds is 6. The first kappa shape index (κ1) is 20.2. The fourth-order valence-electron chi connectivity index (χ4n) is 3.22. The van der Waals surface area contributed by atoms with Gasteiger partial charge in [-0.1, -0.05) is 59.3 Å². The highest BCUT2D eigenvalue weighted by atomic mass is 35.5. The van der Waals surface area contributed by atoms with E-state index in [0.717, 1.165) is 28.3 Å². The van der Waals surface area contributed by atoms with Crippen molar-refractivity contribution in [3.05, 3.63) is 94.8 Å². The summed E-state index contributed by atoms with van der Waals surface area (Å²) in [6.45, 7) is 0.509.